The molecule has 0 saturated heterocycles. The molecular formula is C15H17N3O2. The van der Waals surface area contributed by atoms with Crippen LogP contribution in [0, 0.1) is 0 Å². The molecule has 5 heteroatoms. The van der Waals surface area contributed by atoms with Gasteiger partial charge in [0.15, 0.2) is 0 Å². The Morgan fingerprint density at radius 1 is 1.50 bits per heavy atom. The number of nitrogens with zero attached hydrogens (tertiary/aromatic N) is 1. The first-order valence-corrected chi connectivity index (χ1v) is 6.25. The van der Waals surface area contributed by atoms with Crippen molar-refractivity contribution >= 4 is 11.7 Å². The molecule has 104 valence electrons. The van der Waals surface area contributed by atoms with Crippen LogP contribution in [0.3, 0.4) is 0 Å². The van der Waals surface area contributed by atoms with Gasteiger partial charge in [-0.15, -0.1) is 6.58 Å². The van der Waals surface area contributed by atoms with Crippen molar-refractivity contribution < 1.29 is 9.53 Å². The fraction of sp³-hybridized carbons (Fsp3) is 0.200. The lowest BCUT2D eigenvalue weighted by molar-refractivity contribution is 0.247. The van der Waals surface area contributed by atoms with E-state index in [2.05, 4.69) is 22.2 Å². The molecule has 0 radical (unpaired) electrons. The van der Waals surface area contributed by atoms with Gasteiger partial charge in [-0.3, -0.25) is 0 Å². The molecule has 1 aromatic heterocycles. The van der Waals surface area contributed by atoms with Crippen LogP contribution >= 0.6 is 0 Å². The van der Waals surface area contributed by atoms with Gasteiger partial charge in [0, 0.05) is 6.07 Å². The van der Waals surface area contributed by atoms with Crippen molar-refractivity contribution in [1.82, 2.24) is 10.3 Å². The van der Waals surface area contributed by atoms with Crippen LogP contribution in [0.1, 0.15) is 6.42 Å². The van der Waals surface area contributed by atoms with Crippen LogP contribution in [-0.2, 0) is 0 Å². The molecule has 2 amide bonds. The highest BCUT2D eigenvalue weighted by molar-refractivity contribution is 5.90. The second-order valence-electron chi connectivity index (χ2n) is 4.40. The summed E-state index contributed by atoms with van der Waals surface area (Å²) in [6.45, 7) is 3.78. The Labute approximate surface area is 118 Å². The van der Waals surface area contributed by atoms with Crippen LogP contribution in [0.4, 0.5) is 10.5 Å². The van der Waals surface area contributed by atoms with E-state index in [1.165, 1.54) is 6.20 Å². The molecule has 1 aliphatic rings. The summed E-state index contributed by atoms with van der Waals surface area (Å²) in [7, 11) is 1.54. The van der Waals surface area contributed by atoms with Gasteiger partial charge in [0.2, 0.25) is 5.88 Å². The molecule has 20 heavy (non-hydrogen) atoms. The Morgan fingerprint density at radius 3 is 2.90 bits per heavy atom. The maximum Gasteiger partial charge on any atom is 0.320 e. The number of urea groups is 1. The Morgan fingerprint density at radius 2 is 2.35 bits per heavy atom. The third kappa shape index (κ3) is 3.26. The van der Waals surface area contributed by atoms with Crippen LogP contribution in [0.5, 0.6) is 5.88 Å². The highest BCUT2D eigenvalue weighted by Crippen LogP contribution is 2.19. The zero-order valence-corrected chi connectivity index (χ0v) is 11.3. The molecule has 2 N–H and O–H groups in total. The van der Waals surface area contributed by atoms with Gasteiger partial charge in [-0.1, -0.05) is 30.4 Å². The number of methoxy groups -OCH3 is 1. The average molecular weight is 271 g/mol. The van der Waals surface area contributed by atoms with E-state index >= 15 is 0 Å². The third-order valence-electron chi connectivity index (χ3n) is 3.01. The molecule has 0 aliphatic heterocycles. The van der Waals surface area contributed by atoms with Gasteiger partial charge in [-0.25, -0.2) is 9.78 Å². The number of hydrogen-bond donors (Lipinski definition) is 2. The highest BCUT2D eigenvalue weighted by atomic mass is 16.5. The Kier molecular flexibility index (Phi) is 4.20. The predicted molar refractivity (Wildman–Crippen MR) is 78.8 cm³/mol. The number of carbonyl (C=O) groups excluding carboxylic acids is 1. The van der Waals surface area contributed by atoms with Gasteiger partial charge < -0.3 is 15.4 Å². The van der Waals surface area contributed by atoms with E-state index in [4.69, 9.17) is 4.74 Å². The van der Waals surface area contributed by atoms with Gasteiger partial charge in [0.1, 0.15) is 0 Å². The molecule has 0 bridgehead atoms. The second-order valence-corrected chi connectivity index (χ2v) is 4.40. The molecule has 2 rings (SSSR count). The molecule has 0 spiro atoms. The monoisotopic (exact) mass is 271 g/mol. The van der Waals surface area contributed by atoms with Crippen molar-refractivity contribution in [3.8, 4) is 5.88 Å². The van der Waals surface area contributed by atoms with E-state index in [1.54, 1.807) is 25.3 Å². The Balaban J connectivity index is 1.99. The molecule has 0 unspecified atom stereocenters. The lowest BCUT2D eigenvalue weighted by Gasteiger charge is -2.28. The molecule has 1 aromatic rings. The zero-order chi connectivity index (χ0) is 14.4. The van der Waals surface area contributed by atoms with Crippen molar-refractivity contribution in [3.05, 3.63) is 55.3 Å². The normalized spacial score (nSPS) is 20.2. The molecule has 0 saturated carbocycles. The van der Waals surface area contributed by atoms with Crippen molar-refractivity contribution in [3.63, 3.8) is 0 Å². The second kappa shape index (κ2) is 6.06. The summed E-state index contributed by atoms with van der Waals surface area (Å²) in [5.74, 6) is 0.499. The fourth-order valence-corrected chi connectivity index (χ4v) is 1.88. The van der Waals surface area contributed by atoms with Gasteiger partial charge in [-0.2, -0.15) is 0 Å². The lowest BCUT2D eigenvalue weighted by atomic mass is 9.91. The summed E-state index contributed by atoms with van der Waals surface area (Å²) in [6, 6.07) is 3.10. The minimum absolute atomic E-state index is 0.309. The summed E-state index contributed by atoms with van der Waals surface area (Å²) < 4.78 is 4.96. The minimum Gasteiger partial charge on any atom is -0.481 e. The van der Waals surface area contributed by atoms with Gasteiger partial charge in [-0.05, 0) is 12.5 Å². The lowest BCUT2D eigenvalue weighted by Crippen LogP contribution is -2.47. The van der Waals surface area contributed by atoms with Crippen LogP contribution in [0.25, 0.3) is 0 Å². The largest absolute Gasteiger partial charge is 0.481 e. The number of pyridine rings is 1. The van der Waals surface area contributed by atoms with Crippen LogP contribution in [-0.4, -0.2) is 23.7 Å². The molecule has 0 fully saturated rings. The summed E-state index contributed by atoms with van der Waals surface area (Å²) in [5.41, 5.74) is 0.0523. The molecule has 1 atom stereocenters. The van der Waals surface area contributed by atoms with Crippen LogP contribution < -0.4 is 15.4 Å². The first-order valence-electron chi connectivity index (χ1n) is 6.25. The number of aromatic nitrogens is 1. The van der Waals surface area contributed by atoms with E-state index in [-0.39, 0.29) is 6.03 Å². The number of allylic oxidation sites excluding steroid dienone is 2. The first-order chi connectivity index (χ1) is 9.67. The van der Waals surface area contributed by atoms with Crippen molar-refractivity contribution in [2.24, 2.45) is 0 Å². The number of hydrogen-bond acceptors (Lipinski definition) is 3. The van der Waals surface area contributed by atoms with Crippen molar-refractivity contribution in [2.75, 3.05) is 12.4 Å². The summed E-state index contributed by atoms with van der Waals surface area (Å²) in [4.78, 5) is 16.0. The Hall–Kier alpha value is -2.56. The fourth-order valence-electron chi connectivity index (χ4n) is 1.88. The Bertz CT molecular complexity index is 549. The number of nitrogens with one attached hydrogen (secondary N) is 2. The van der Waals surface area contributed by atoms with E-state index in [9.17, 15) is 4.79 Å². The summed E-state index contributed by atoms with van der Waals surface area (Å²) in [5, 5.41) is 5.62. The first kappa shape index (κ1) is 13.9. The number of ether oxygens (including phenoxy) is 1. The van der Waals surface area contributed by atoms with Crippen molar-refractivity contribution in [2.45, 2.75) is 12.0 Å². The van der Waals surface area contributed by atoms with Crippen molar-refractivity contribution in [1.29, 1.82) is 0 Å². The maximum atomic E-state index is 12.0. The number of anilines is 1. The van der Waals surface area contributed by atoms with E-state index in [1.807, 2.05) is 24.3 Å². The summed E-state index contributed by atoms with van der Waals surface area (Å²) >= 11 is 0. The van der Waals surface area contributed by atoms with Gasteiger partial charge >= 0.3 is 6.03 Å². The average Bonchev–Trinajstić information content (AvgIpc) is 2.49. The SMILES string of the molecule is C=C[C@]1(NC(=O)Nc2ccc(OC)nc2)C=CC=CC1. The van der Waals surface area contributed by atoms with E-state index < -0.39 is 5.54 Å². The topological polar surface area (TPSA) is 63.2 Å². The molecule has 5 nitrogen and oxygen atoms in total. The molecule has 1 heterocycles. The molecule has 0 aromatic carbocycles. The third-order valence-corrected chi connectivity index (χ3v) is 3.01. The van der Waals surface area contributed by atoms with Crippen LogP contribution in [0.2, 0.25) is 0 Å². The number of amides is 2. The maximum absolute atomic E-state index is 12.0. The van der Waals surface area contributed by atoms with Gasteiger partial charge in [0.25, 0.3) is 0 Å². The van der Waals surface area contributed by atoms with Crippen LogP contribution in [0.15, 0.2) is 55.3 Å². The number of carbonyl (C=O) groups is 1. The quantitative estimate of drug-likeness (QED) is 0.827. The standard InChI is InChI=1S/C15H17N3O2/c1-3-15(9-5-4-6-10-15)18-14(19)17-12-7-8-13(20-2)16-11-12/h3-9,11H,1,10H2,2H3,(H2,17,18,19)/t15-/m0/s1. The summed E-state index contributed by atoms with van der Waals surface area (Å²) in [6.07, 6.45) is 11.7. The molecular weight excluding hydrogens is 254 g/mol. The molecule has 1 aliphatic carbocycles. The van der Waals surface area contributed by atoms with E-state index in [0.29, 0.717) is 18.0 Å². The number of rotatable bonds is 4. The minimum atomic E-state index is -0.543. The predicted octanol–water partition coefficient (Wildman–Crippen LogP) is 2.65. The smallest absolute Gasteiger partial charge is 0.320 e. The highest BCUT2D eigenvalue weighted by Gasteiger charge is 2.25. The zero-order valence-electron chi connectivity index (χ0n) is 11.3. The van der Waals surface area contributed by atoms with Gasteiger partial charge in [0.05, 0.1) is 24.5 Å². The van der Waals surface area contributed by atoms with E-state index in [0.717, 1.165) is 0 Å².